The first-order valence-corrected chi connectivity index (χ1v) is 5.38. The smallest absolute Gasteiger partial charge is 0.0253 e. The molecule has 3 unspecified atom stereocenters. The van der Waals surface area contributed by atoms with Crippen LogP contribution in [0.4, 0.5) is 0 Å². The average molecular weight is 180 g/mol. The van der Waals surface area contributed by atoms with Gasteiger partial charge in [-0.1, -0.05) is 6.08 Å². The molecule has 0 aromatic rings. The Kier molecular flexibility index (Phi) is 2.43. The molecule has 0 aromatic heterocycles. The van der Waals surface area contributed by atoms with Crippen LogP contribution in [0.2, 0.25) is 0 Å². The van der Waals surface area contributed by atoms with E-state index in [4.69, 9.17) is 5.73 Å². The molecule has 0 aromatic carbocycles. The minimum absolute atomic E-state index is 0.450. The number of rotatable bonds is 2. The zero-order valence-electron chi connectivity index (χ0n) is 8.45. The summed E-state index contributed by atoms with van der Waals surface area (Å²) < 4.78 is 0. The Hall–Kier alpha value is -0.340. The van der Waals surface area contributed by atoms with Crippen LogP contribution in [0.5, 0.6) is 0 Å². The van der Waals surface area contributed by atoms with Crippen molar-refractivity contribution in [1.82, 2.24) is 4.90 Å². The summed E-state index contributed by atoms with van der Waals surface area (Å²) >= 11 is 0. The van der Waals surface area contributed by atoms with Crippen LogP contribution in [0.25, 0.3) is 0 Å². The summed E-state index contributed by atoms with van der Waals surface area (Å²) in [7, 11) is 0. The van der Waals surface area contributed by atoms with Gasteiger partial charge in [0.2, 0.25) is 0 Å². The summed E-state index contributed by atoms with van der Waals surface area (Å²) in [5, 5.41) is 0. The van der Waals surface area contributed by atoms with Crippen LogP contribution >= 0.6 is 0 Å². The van der Waals surface area contributed by atoms with Crippen molar-refractivity contribution in [1.29, 1.82) is 0 Å². The zero-order valence-corrected chi connectivity index (χ0v) is 8.45. The Morgan fingerprint density at radius 2 is 1.92 bits per heavy atom. The molecule has 0 saturated carbocycles. The number of fused-ring (bicyclic) bond motifs is 2. The molecule has 2 aliphatic heterocycles. The fourth-order valence-corrected chi connectivity index (χ4v) is 3.04. The maximum atomic E-state index is 6.01. The van der Waals surface area contributed by atoms with Crippen molar-refractivity contribution in [2.45, 2.75) is 56.8 Å². The molecule has 3 atom stereocenters. The maximum Gasteiger partial charge on any atom is 0.0253 e. The van der Waals surface area contributed by atoms with Crippen molar-refractivity contribution in [3.8, 4) is 0 Å². The Morgan fingerprint density at radius 3 is 2.38 bits per heavy atom. The third-order valence-electron chi connectivity index (χ3n) is 3.64. The van der Waals surface area contributed by atoms with E-state index in [0.29, 0.717) is 12.1 Å². The number of hydrogen-bond acceptors (Lipinski definition) is 2. The predicted molar refractivity (Wildman–Crippen MR) is 55.5 cm³/mol. The molecule has 0 amide bonds. The van der Waals surface area contributed by atoms with Crippen molar-refractivity contribution in [3.05, 3.63) is 12.7 Å². The minimum atomic E-state index is 0.450. The lowest BCUT2D eigenvalue weighted by Gasteiger charge is -2.40. The van der Waals surface area contributed by atoms with Gasteiger partial charge < -0.3 is 5.73 Å². The lowest BCUT2D eigenvalue weighted by atomic mass is 9.96. The van der Waals surface area contributed by atoms with E-state index >= 15 is 0 Å². The summed E-state index contributed by atoms with van der Waals surface area (Å²) in [4.78, 5) is 2.62. The van der Waals surface area contributed by atoms with Crippen molar-refractivity contribution in [2.24, 2.45) is 5.73 Å². The molecule has 2 nitrogen and oxygen atoms in total. The quantitative estimate of drug-likeness (QED) is 0.653. The first-order chi connectivity index (χ1) is 6.22. The van der Waals surface area contributed by atoms with Gasteiger partial charge in [0.25, 0.3) is 0 Å². The van der Waals surface area contributed by atoms with Gasteiger partial charge in [-0.25, -0.2) is 0 Å². The minimum Gasteiger partial charge on any atom is -0.328 e. The Bertz CT molecular complexity index is 188. The molecule has 0 radical (unpaired) electrons. The molecule has 2 aliphatic rings. The SMILES string of the molecule is C=CC(C)N1C2CCC1CC(N)C2. The topological polar surface area (TPSA) is 29.3 Å². The fraction of sp³-hybridized carbons (Fsp3) is 0.818. The van der Waals surface area contributed by atoms with Gasteiger partial charge in [-0.2, -0.15) is 0 Å². The highest BCUT2D eigenvalue weighted by atomic mass is 15.2. The van der Waals surface area contributed by atoms with Gasteiger partial charge >= 0.3 is 0 Å². The number of nitrogens with zero attached hydrogens (tertiary/aromatic N) is 1. The summed E-state index contributed by atoms with van der Waals surface area (Å²) in [6, 6.07) is 2.46. The average Bonchev–Trinajstić information content (AvgIpc) is 2.37. The summed E-state index contributed by atoms with van der Waals surface area (Å²) in [5.74, 6) is 0. The van der Waals surface area contributed by atoms with Gasteiger partial charge in [-0.3, -0.25) is 4.90 Å². The second kappa shape index (κ2) is 3.43. The lowest BCUT2D eigenvalue weighted by Crippen LogP contribution is -2.50. The second-order valence-corrected chi connectivity index (χ2v) is 4.54. The van der Waals surface area contributed by atoms with Gasteiger partial charge in [-0.15, -0.1) is 6.58 Å². The van der Waals surface area contributed by atoms with Crippen LogP contribution in [0.1, 0.15) is 32.6 Å². The highest BCUT2D eigenvalue weighted by molar-refractivity contribution is 5.01. The van der Waals surface area contributed by atoms with Crippen molar-refractivity contribution in [2.75, 3.05) is 0 Å². The van der Waals surface area contributed by atoms with E-state index in [0.717, 1.165) is 12.1 Å². The molecule has 2 rings (SSSR count). The standard InChI is InChI=1S/C11H20N2/c1-3-8(2)13-10-4-5-11(13)7-9(12)6-10/h3,8-11H,1,4-7,12H2,2H3. The highest BCUT2D eigenvalue weighted by Gasteiger charge is 2.40. The summed E-state index contributed by atoms with van der Waals surface area (Å²) in [6.07, 6.45) is 7.12. The first-order valence-electron chi connectivity index (χ1n) is 5.38. The van der Waals surface area contributed by atoms with Crippen molar-refractivity contribution in [3.63, 3.8) is 0 Å². The molecule has 0 aliphatic carbocycles. The molecule has 2 saturated heterocycles. The van der Waals surface area contributed by atoms with E-state index in [1.54, 1.807) is 0 Å². The third kappa shape index (κ3) is 1.53. The predicted octanol–water partition coefficient (Wildman–Crippen LogP) is 1.52. The van der Waals surface area contributed by atoms with E-state index in [1.165, 1.54) is 25.7 Å². The van der Waals surface area contributed by atoms with Crippen LogP contribution in [0.3, 0.4) is 0 Å². The molecule has 2 fully saturated rings. The summed E-state index contributed by atoms with van der Waals surface area (Å²) in [5.41, 5.74) is 6.01. The van der Waals surface area contributed by atoms with E-state index < -0.39 is 0 Å². The van der Waals surface area contributed by atoms with Gasteiger partial charge in [0.05, 0.1) is 0 Å². The van der Waals surface area contributed by atoms with Crippen LogP contribution in [-0.2, 0) is 0 Å². The monoisotopic (exact) mass is 180 g/mol. The van der Waals surface area contributed by atoms with Crippen LogP contribution in [-0.4, -0.2) is 29.1 Å². The zero-order chi connectivity index (χ0) is 9.42. The van der Waals surface area contributed by atoms with Crippen LogP contribution < -0.4 is 5.73 Å². The van der Waals surface area contributed by atoms with E-state index in [9.17, 15) is 0 Å². The molecule has 2 heteroatoms. The third-order valence-corrected chi connectivity index (χ3v) is 3.64. The fourth-order valence-electron chi connectivity index (χ4n) is 3.04. The molecule has 2 bridgehead atoms. The number of piperidine rings is 1. The Labute approximate surface area is 80.8 Å². The van der Waals surface area contributed by atoms with E-state index in [2.05, 4.69) is 24.5 Å². The number of nitrogens with two attached hydrogens (primary N) is 1. The molecule has 2 N–H and O–H groups in total. The first kappa shape index (κ1) is 9.22. The van der Waals surface area contributed by atoms with Crippen molar-refractivity contribution < 1.29 is 0 Å². The molecule has 2 heterocycles. The Balaban J connectivity index is 2.10. The normalized spacial score (nSPS) is 41.8. The largest absolute Gasteiger partial charge is 0.328 e. The van der Waals surface area contributed by atoms with Crippen molar-refractivity contribution >= 4 is 0 Å². The highest BCUT2D eigenvalue weighted by Crippen LogP contribution is 2.36. The summed E-state index contributed by atoms with van der Waals surface area (Å²) in [6.45, 7) is 6.12. The van der Waals surface area contributed by atoms with Crippen LogP contribution in [0.15, 0.2) is 12.7 Å². The second-order valence-electron chi connectivity index (χ2n) is 4.54. The molecular weight excluding hydrogens is 160 g/mol. The molecule has 0 spiro atoms. The van der Waals surface area contributed by atoms with Gasteiger partial charge in [-0.05, 0) is 32.6 Å². The van der Waals surface area contributed by atoms with Crippen LogP contribution in [0, 0.1) is 0 Å². The molecule has 74 valence electrons. The number of hydrogen-bond donors (Lipinski definition) is 1. The maximum absolute atomic E-state index is 6.01. The lowest BCUT2D eigenvalue weighted by molar-refractivity contribution is 0.106. The van der Waals surface area contributed by atoms with Gasteiger partial charge in [0.15, 0.2) is 0 Å². The molecule has 13 heavy (non-hydrogen) atoms. The van der Waals surface area contributed by atoms with E-state index in [1.807, 2.05) is 0 Å². The van der Waals surface area contributed by atoms with Gasteiger partial charge in [0.1, 0.15) is 0 Å². The molecular formula is C11H20N2. The van der Waals surface area contributed by atoms with Gasteiger partial charge in [0, 0.05) is 24.2 Å². The Morgan fingerprint density at radius 1 is 1.38 bits per heavy atom. The van der Waals surface area contributed by atoms with E-state index in [-0.39, 0.29) is 0 Å².